The molecule has 0 spiro atoms. The van der Waals surface area contributed by atoms with Crippen LogP contribution in [0.3, 0.4) is 0 Å². The molecule has 1 saturated heterocycles. The summed E-state index contributed by atoms with van der Waals surface area (Å²) in [4.78, 5) is 23.9. The molecule has 19 heavy (non-hydrogen) atoms. The van der Waals surface area contributed by atoms with Crippen molar-refractivity contribution in [3.05, 3.63) is 0 Å². The Kier molecular flexibility index (Phi) is 4.39. The summed E-state index contributed by atoms with van der Waals surface area (Å²) in [5, 5.41) is 9.07. The summed E-state index contributed by atoms with van der Waals surface area (Å²) >= 11 is 0. The third-order valence-electron chi connectivity index (χ3n) is 2.71. The van der Waals surface area contributed by atoms with Crippen LogP contribution < -0.4 is 0 Å². The number of nitrogens with zero attached hydrogens (tertiary/aromatic N) is 1. The van der Waals surface area contributed by atoms with Crippen molar-refractivity contribution in [1.82, 2.24) is 4.90 Å². The number of hydrogen-bond donors (Lipinski definition) is 1. The predicted octanol–water partition coefficient (Wildman–Crippen LogP) is 1.44. The van der Waals surface area contributed by atoms with Crippen LogP contribution >= 0.6 is 0 Å². The molecular formula is C12H20FNO5. The number of amides is 1. The Morgan fingerprint density at radius 1 is 1.47 bits per heavy atom. The maximum Gasteiger partial charge on any atom is 0.411 e. The van der Waals surface area contributed by atoms with Crippen molar-refractivity contribution in [1.29, 1.82) is 0 Å². The van der Waals surface area contributed by atoms with Gasteiger partial charge >= 0.3 is 12.1 Å². The molecule has 0 bridgehead atoms. The second kappa shape index (κ2) is 5.32. The molecule has 0 aliphatic carbocycles. The fraction of sp³-hybridized carbons (Fsp3) is 0.833. The molecule has 1 amide bonds. The van der Waals surface area contributed by atoms with Crippen LogP contribution in [0.4, 0.5) is 9.18 Å². The number of likely N-dealkylation sites (tertiary alicyclic amines) is 1. The van der Waals surface area contributed by atoms with E-state index in [2.05, 4.69) is 0 Å². The van der Waals surface area contributed by atoms with Gasteiger partial charge in [0.05, 0.1) is 13.2 Å². The number of carbonyl (C=O) groups excluding carboxylic acids is 1. The van der Waals surface area contributed by atoms with Crippen molar-refractivity contribution in [2.75, 3.05) is 20.3 Å². The van der Waals surface area contributed by atoms with E-state index in [1.165, 1.54) is 7.11 Å². The molecular weight excluding hydrogens is 257 g/mol. The molecule has 0 aromatic carbocycles. The summed E-state index contributed by atoms with van der Waals surface area (Å²) < 4.78 is 24.2. The van der Waals surface area contributed by atoms with Crippen molar-refractivity contribution < 1.29 is 28.6 Å². The lowest BCUT2D eigenvalue weighted by molar-refractivity contribution is -0.142. The highest BCUT2D eigenvalue weighted by Crippen LogP contribution is 2.32. The molecule has 0 radical (unpaired) electrons. The number of methoxy groups -OCH3 is 1. The van der Waals surface area contributed by atoms with E-state index in [1.54, 1.807) is 20.8 Å². The van der Waals surface area contributed by atoms with Crippen molar-refractivity contribution in [2.24, 2.45) is 0 Å². The Hall–Kier alpha value is -1.37. The number of carboxylic acids is 1. The van der Waals surface area contributed by atoms with Crippen LogP contribution in [0.15, 0.2) is 0 Å². The average molecular weight is 277 g/mol. The number of aliphatic carboxylic acids is 1. The number of rotatable bonds is 3. The second-order valence-corrected chi connectivity index (χ2v) is 5.75. The number of alkyl halides is 1. The Bertz CT molecular complexity index is 368. The van der Waals surface area contributed by atoms with E-state index in [4.69, 9.17) is 14.6 Å². The van der Waals surface area contributed by atoms with Gasteiger partial charge in [0.15, 0.2) is 5.67 Å². The first kappa shape index (κ1) is 15.7. The first-order valence-corrected chi connectivity index (χ1v) is 5.98. The molecule has 0 aromatic heterocycles. The zero-order valence-corrected chi connectivity index (χ0v) is 11.6. The van der Waals surface area contributed by atoms with Gasteiger partial charge in [0, 0.05) is 13.5 Å². The van der Waals surface area contributed by atoms with Gasteiger partial charge in [-0.1, -0.05) is 0 Å². The van der Waals surface area contributed by atoms with Crippen LogP contribution in [0.2, 0.25) is 0 Å². The zero-order valence-electron chi connectivity index (χ0n) is 11.6. The standard InChI is InChI=1S/C12H20FNO5/c1-11(2,3)19-10(17)14-6-12(13,7-18-4)5-8(14)9(15)16/h8H,5-7H2,1-4H3,(H,15,16). The van der Waals surface area contributed by atoms with Crippen LogP contribution in [0.25, 0.3) is 0 Å². The minimum atomic E-state index is -1.85. The summed E-state index contributed by atoms with van der Waals surface area (Å²) in [5.41, 5.74) is -2.61. The average Bonchev–Trinajstić information content (AvgIpc) is 2.54. The van der Waals surface area contributed by atoms with Crippen molar-refractivity contribution in [3.8, 4) is 0 Å². The summed E-state index contributed by atoms with van der Waals surface area (Å²) in [7, 11) is 1.33. The number of halogens is 1. The highest BCUT2D eigenvalue weighted by atomic mass is 19.1. The summed E-state index contributed by atoms with van der Waals surface area (Å²) in [6, 6.07) is -1.23. The maximum atomic E-state index is 14.3. The van der Waals surface area contributed by atoms with Crippen LogP contribution in [-0.2, 0) is 14.3 Å². The lowest BCUT2D eigenvalue weighted by Gasteiger charge is -2.27. The molecule has 1 fully saturated rings. The molecule has 1 aliphatic heterocycles. The summed E-state index contributed by atoms with van der Waals surface area (Å²) in [6.45, 7) is 4.39. The fourth-order valence-electron chi connectivity index (χ4n) is 2.03. The molecule has 7 heteroatoms. The van der Waals surface area contributed by atoms with Gasteiger partial charge in [-0.05, 0) is 20.8 Å². The SMILES string of the molecule is COCC1(F)CC(C(=O)O)N(C(=O)OC(C)(C)C)C1. The predicted molar refractivity (Wildman–Crippen MR) is 64.7 cm³/mol. The van der Waals surface area contributed by atoms with Crippen molar-refractivity contribution in [3.63, 3.8) is 0 Å². The Morgan fingerprint density at radius 3 is 2.47 bits per heavy atom. The smallest absolute Gasteiger partial charge is 0.411 e. The quantitative estimate of drug-likeness (QED) is 0.844. The van der Waals surface area contributed by atoms with Gasteiger partial charge in [0.1, 0.15) is 11.6 Å². The number of hydrogen-bond acceptors (Lipinski definition) is 4. The third-order valence-corrected chi connectivity index (χ3v) is 2.71. The topological polar surface area (TPSA) is 76.1 Å². The summed E-state index contributed by atoms with van der Waals surface area (Å²) in [5.74, 6) is -1.25. The second-order valence-electron chi connectivity index (χ2n) is 5.75. The van der Waals surface area contributed by atoms with Gasteiger partial charge in [0.2, 0.25) is 0 Å². The molecule has 0 aromatic rings. The van der Waals surface area contributed by atoms with Gasteiger partial charge < -0.3 is 14.6 Å². The van der Waals surface area contributed by atoms with Crippen LogP contribution in [0.5, 0.6) is 0 Å². The molecule has 110 valence electrons. The molecule has 0 saturated carbocycles. The zero-order chi connectivity index (χ0) is 14.8. The number of carboxylic acid groups (broad SMARTS) is 1. The fourth-order valence-corrected chi connectivity index (χ4v) is 2.03. The molecule has 1 heterocycles. The van der Waals surface area contributed by atoms with Gasteiger partial charge in [0.25, 0.3) is 0 Å². The first-order chi connectivity index (χ1) is 8.58. The Morgan fingerprint density at radius 2 is 2.05 bits per heavy atom. The minimum Gasteiger partial charge on any atom is -0.480 e. The van der Waals surface area contributed by atoms with E-state index in [0.717, 1.165) is 4.90 Å². The maximum absolute atomic E-state index is 14.3. The van der Waals surface area contributed by atoms with E-state index in [0.29, 0.717) is 0 Å². The molecule has 2 atom stereocenters. The summed E-state index contributed by atoms with van der Waals surface area (Å²) in [6.07, 6.45) is -1.12. The van der Waals surface area contributed by atoms with Crippen molar-refractivity contribution in [2.45, 2.75) is 44.5 Å². The van der Waals surface area contributed by atoms with E-state index in [9.17, 15) is 14.0 Å². The monoisotopic (exact) mass is 277 g/mol. The van der Waals surface area contributed by atoms with Gasteiger partial charge in [-0.2, -0.15) is 0 Å². The Balaban J connectivity index is 2.85. The highest BCUT2D eigenvalue weighted by Gasteiger charge is 2.50. The lowest BCUT2D eigenvalue weighted by atomic mass is 10.0. The van der Waals surface area contributed by atoms with Gasteiger partial charge in [-0.25, -0.2) is 14.0 Å². The number of ether oxygens (including phenoxy) is 2. The van der Waals surface area contributed by atoms with Crippen LogP contribution in [0.1, 0.15) is 27.2 Å². The first-order valence-electron chi connectivity index (χ1n) is 5.98. The van der Waals surface area contributed by atoms with Crippen LogP contribution in [-0.4, -0.2) is 59.6 Å². The van der Waals surface area contributed by atoms with E-state index >= 15 is 0 Å². The largest absolute Gasteiger partial charge is 0.480 e. The molecule has 1 N–H and O–H groups in total. The normalized spacial score (nSPS) is 27.4. The van der Waals surface area contributed by atoms with Crippen LogP contribution in [0, 0.1) is 0 Å². The molecule has 1 aliphatic rings. The molecule has 6 nitrogen and oxygen atoms in total. The Labute approximate surface area is 111 Å². The van der Waals surface area contributed by atoms with E-state index < -0.39 is 29.4 Å². The van der Waals surface area contributed by atoms with E-state index in [1.807, 2.05) is 0 Å². The van der Waals surface area contributed by atoms with Crippen molar-refractivity contribution >= 4 is 12.1 Å². The third kappa shape index (κ3) is 4.05. The molecule has 2 unspecified atom stereocenters. The minimum absolute atomic E-state index is 0.254. The lowest BCUT2D eigenvalue weighted by Crippen LogP contribution is -2.44. The highest BCUT2D eigenvalue weighted by molar-refractivity contribution is 5.81. The van der Waals surface area contributed by atoms with E-state index in [-0.39, 0.29) is 19.6 Å². The van der Waals surface area contributed by atoms with Gasteiger partial charge in [-0.15, -0.1) is 0 Å². The number of carbonyl (C=O) groups is 2. The van der Waals surface area contributed by atoms with Gasteiger partial charge in [-0.3, -0.25) is 4.90 Å². The molecule has 1 rings (SSSR count).